The molecule has 0 spiro atoms. The van der Waals surface area contributed by atoms with Crippen LogP contribution in [0.2, 0.25) is 0 Å². The fraction of sp³-hybridized carbons (Fsp3) is 0.320. The lowest BCUT2D eigenvalue weighted by atomic mass is 10.0. The SMILES string of the molecule is Cn1cc(C(CN(CC#N)S(=O)(=O)c2ccc3cc[nH]c3c2)N2CCCC2)c2ccccc21. The van der Waals surface area contributed by atoms with Crippen molar-refractivity contribution in [1.82, 2.24) is 18.8 Å². The molecule has 33 heavy (non-hydrogen) atoms. The van der Waals surface area contributed by atoms with E-state index in [9.17, 15) is 13.7 Å². The lowest BCUT2D eigenvalue weighted by Crippen LogP contribution is -2.40. The van der Waals surface area contributed by atoms with Crippen LogP contribution in [0.4, 0.5) is 0 Å². The number of nitrogens with zero attached hydrogens (tertiary/aromatic N) is 4. The normalized spacial score (nSPS) is 16.0. The first-order valence-corrected chi connectivity index (χ1v) is 12.7. The van der Waals surface area contributed by atoms with Crippen molar-refractivity contribution in [2.45, 2.75) is 23.8 Å². The molecule has 1 aliphatic rings. The number of aromatic nitrogens is 2. The number of hydrogen-bond acceptors (Lipinski definition) is 4. The molecule has 0 amide bonds. The Morgan fingerprint density at radius 2 is 1.94 bits per heavy atom. The Hall–Kier alpha value is -3.12. The largest absolute Gasteiger partial charge is 0.361 e. The van der Waals surface area contributed by atoms with Crippen molar-refractivity contribution in [3.05, 3.63) is 66.5 Å². The first-order chi connectivity index (χ1) is 16.0. The highest BCUT2D eigenvalue weighted by Gasteiger charge is 2.33. The van der Waals surface area contributed by atoms with Crippen molar-refractivity contribution in [1.29, 1.82) is 5.26 Å². The molecule has 0 radical (unpaired) electrons. The molecule has 1 atom stereocenters. The topological polar surface area (TPSA) is 85.1 Å². The number of likely N-dealkylation sites (tertiary alicyclic amines) is 1. The Kier molecular flexibility index (Phi) is 5.71. The van der Waals surface area contributed by atoms with Gasteiger partial charge in [0.25, 0.3) is 0 Å². The number of para-hydroxylation sites is 1. The zero-order valence-corrected chi connectivity index (χ0v) is 19.4. The first-order valence-electron chi connectivity index (χ1n) is 11.2. The van der Waals surface area contributed by atoms with Crippen LogP contribution in [0, 0.1) is 11.3 Å². The number of hydrogen-bond donors (Lipinski definition) is 1. The van der Waals surface area contributed by atoms with Crippen molar-refractivity contribution in [2.24, 2.45) is 7.05 Å². The van der Waals surface area contributed by atoms with Crippen molar-refractivity contribution >= 4 is 31.8 Å². The van der Waals surface area contributed by atoms with E-state index in [-0.39, 0.29) is 24.0 Å². The zero-order valence-electron chi connectivity index (χ0n) is 18.6. The van der Waals surface area contributed by atoms with E-state index >= 15 is 0 Å². The van der Waals surface area contributed by atoms with Gasteiger partial charge in [0.15, 0.2) is 0 Å². The van der Waals surface area contributed by atoms with Gasteiger partial charge in [-0.05, 0) is 61.1 Å². The summed E-state index contributed by atoms with van der Waals surface area (Å²) in [6, 6.07) is 17.1. The Labute approximate surface area is 193 Å². The highest BCUT2D eigenvalue weighted by atomic mass is 32.2. The number of sulfonamides is 1. The minimum atomic E-state index is -3.85. The third-order valence-electron chi connectivity index (χ3n) is 6.66. The van der Waals surface area contributed by atoms with Crippen LogP contribution in [0.5, 0.6) is 0 Å². The van der Waals surface area contributed by atoms with Crippen molar-refractivity contribution < 1.29 is 8.42 Å². The van der Waals surface area contributed by atoms with Crippen LogP contribution in [0.1, 0.15) is 24.4 Å². The van der Waals surface area contributed by atoms with Gasteiger partial charge in [-0.25, -0.2) is 8.42 Å². The van der Waals surface area contributed by atoms with E-state index in [1.165, 1.54) is 4.31 Å². The van der Waals surface area contributed by atoms with Gasteiger partial charge < -0.3 is 9.55 Å². The Morgan fingerprint density at radius 3 is 2.73 bits per heavy atom. The van der Waals surface area contributed by atoms with E-state index in [0.717, 1.165) is 53.3 Å². The number of nitriles is 1. The molecular formula is C25H27N5O2S. The summed E-state index contributed by atoms with van der Waals surface area (Å²) in [5.74, 6) is 0. The van der Waals surface area contributed by atoms with E-state index in [2.05, 4.69) is 38.8 Å². The number of aryl methyl sites for hydroxylation is 1. The van der Waals surface area contributed by atoms with Gasteiger partial charge in [-0.1, -0.05) is 24.3 Å². The standard InChI is InChI=1S/C25H27N5O2S/c1-28-17-22(21-6-2-3-7-24(21)28)25(29-13-4-5-14-29)18-30(15-11-26)33(31,32)20-9-8-19-10-12-27-23(19)16-20/h2-3,6-10,12,16-17,25,27H,4-5,13-15,18H2,1H3. The van der Waals surface area contributed by atoms with Gasteiger partial charge in [-0.15, -0.1) is 0 Å². The first kappa shape index (κ1) is 21.7. The fourth-order valence-electron chi connectivity index (χ4n) is 4.96. The van der Waals surface area contributed by atoms with Crippen molar-refractivity contribution in [2.75, 3.05) is 26.2 Å². The van der Waals surface area contributed by atoms with Gasteiger partial charge in [0.2, 0.25) is 10.0 Å². The third-order valence-corrected chi connectivity index (χ3v) is 8.46. The molecule has 7 nitrogen and oxygen atoms in total. The summed E-state index contributed by atoms with van der Waals surface area (Å²) < 4.78 is 30.8. The molecule has 0 saturated carbocycles. The van der Waals surface area contributed by atoms with Crippen LogP contribution in [0.25, 0.3) is 21.8 Å². The maximum atomic E-state index is 13.7. The average Bonchev–Trinajstić information content (AvgIpc) is 3.57. The second-order valence-electron chi connectivity index (χ2n) is 8.65. The maximum absolute atomic E-state index is 13.7. The molecule has 1 unspecified atom stereocenters. The molecule has 0 bridgehead atoms. The van der Waals surface area contributed by atoms with Gasteiger partial charge in [-0.2, -0.15) is 9.57 Å². The number of rotatable bonds is 7. The smallest absolute Gasteiger partial charge is 0.244 e. The molecule has 1 saturated heterocycles. The maximum Gasteiger partial charge on any atom is 0.244 e. The van der Waals surface area contributed by atoms with E-state index in [4.69, 9.17) is 0 Å². The summed E-state index contributed by atoms with van der Waals surface area (Å²) in [5, 5.41) is 11.6. The quantitative estimate of drug-likeness (QED) is 0.422. The molecular weight excluding hydrogens is 434 g/mol. The molecule has 2 aromatic heterocycles. The molecule has 8 heteroatoms. The van der Waals surface area contributed by atoms with Crippen molar-refractivity contribution in [3.8, 4) is 6.07 Å². The molecule has 1 aliphatic heterocycles. The van der Waals surface area contributed by atoms with Gasteiger partial charge in [-0.3, -0.25) is 4.90 Å². The van der Waals surface area contributed by atoms with Crippen LogP contribution in [-0.2, 0) is 17.1 Å². The van der Waals surface area contributed by atoms with Crippen LogP contribution in [-0.4, -0.2) is 53.4 Å². The Balaban J connectivity index is 1.56. The summed E-state index contributed by atoms with van der Waals surface area (Å²) in [5.41, 5.74) is 2.98. The molecule has 1 N–H and O–H groups in total. The summed E-state index contributed by atoms with van der Waals surface area (Å²) in [7, 11) is -1.84. The highest BCUT2D eigenvalue weighted by molar-refractivity contribution is 7.89. The molecule has 4 aromatic rings. The summed E-state index contributed by atoms with van der Waals surface area (Å²) in [6.45, 7) is 1.87. The number of fused-ring (bicyclic) bond motifs is 2. The van der Waals surface area contributed by atoms with Gasteiger partial charge >= 0.3 is 0 Å². The van der Waals surface area contributed by atoms with Crippen LogP contribution < -0.4 is 0 Å². The van der Waals surface area contributed by atoms with E-state index in [1.54, 1.807) is 24.4 Å². The highest BCUT2D eigenvalue weighted by Crippen LogP contribution is 2.34. The van der Waals surface area contributed by atoms with Crippen LogP contribution in [0.15, 0.2) is 65.8 Å². The molecule has 2 aromatic carbocycles. The molecule has 170 valence electrons. The predicted octanol–water partition coefficient (Wildman–Crippen LogP) is 4.01. The van der Waals surface area contributed by atoms with E-state index < -0.39 is 10.0 Å². The Bertz CT molecular complexity index is 1440. The monoisotopic (exact) mass is 461 g/mol. The number of H-pyrrole nitrogens is 1. The molecule has 5 rings (SSSR count). The third kappa shape index (κ3) is 3.93. The van der Waals surface area contributed by atoms with Gasteiger partial charge in [0.05, 0.1) is 17.0 Å². The molecule has 1 fully saturated rings. The minimum absolute atomic E-state index is 0.129. The number of benzene rings is 2. The zero-order chi connectivity index (χ0) is 23.0. The fourth-order valence-corrected chi connectivity index (χ4v) is 6.33. The molecule has 3 heterocycles. The van der Waals surface area contributed by atoms with Crippen molar-refractivity contribution in [3.63, 3.8) is 0 Å². The second-order valence-corrected chi connectivity index (χ2v) is 10.6. The van der Waals surface area contributed by atoms with Crippen LogP contribution >= 0.6 is 0 Å². The lowest BCUT2D eigenvalue weighted by molar-refractivity contribution is 0.213. The number of nitrogens with one attached hydrogen (secondary N) is 1. The summed E-state index contributed by atoms with van der Waals surface area (Å²) in [4.78, 5) is 5.64. The minimum Gasteiger partial charge on any atom is -0.361 e. The van der Waals surface area contributed by atoms with E-state index in [0.29, 0.717) is 0 Å². The van der Waals surface area contributed by atoms with Gasteiger partial charge in [0, 0.05) is 42.4 Å². The summed E-state index contributed by atoms with van der Waals surface area (Å²) in [6.07, 6.45) is 6.08. The van der Waals surface area contributed by atoms with Gasteiger partial charge in [0.1, 0.15) is 6.54 Å². The lowest BCUT2D eigenvalue weighted by Gasteiger charge is -2.31. The second kappa shape index (κ2) is 8.67. The predicted molar refractivity (Wildman–Crippen MR) is 129 cm³/mol. The number of aromatic amines is 1. The summed E-state index contributed by atoms with van der Waals surface area (Å²) >= 11 is 0. The Morgan fingerprint density at radius 1 is 1.15 bits per heavy atom. The molecule has 0 aliphatic carbocycles. The average molecular weight is 462 g/mol. The van der Waals surface area contributed by atoms with Crippen LogP contribution in [0.3, 0.4) is 0 Å². The van der Waals surface area contributed by atoms with E-state index in [1.807, 2.05) is 25.2 Å².